The molecular formula is C17H38N4O3S. The molecule has 0 aliphatic carbocycles. The molecule has 7 nitrogen and oxygen atoms in total. The van der Waals surface area contributed by atoms with Gasteiger partial charge in [-0.1, -0.05) is 13.8 Å². The molecule has 3 N–H and O–H groups in total. The van der Waals surface area contributed by atoms with Gasteiger partial charge in [0, 0.05) is 39.8 Å². The normalized spacial score (nSPS) is 14.2. The topological polar surface area (TPSA) is 94.0 Å². The summed E-state index contributed by atoms with van der Waals surface area (Å²) in [6, 6.07) is 0. The first-order valence-electron chi connectivity index (χ1n) is 9.33. The Morgan fingerprint density at radius 3 is 2.44 bits per heavy atom. The number of aliphatic hydroxyl groups excluding tert-OH is 1. The first-order chi connectivity index (χ1) is 11.8. The van der Waals surface area contributed by atoms with Gasteiger partial charge in [-0.05, 0) is 44.9 Å². The molecule has 8 heteroatoms. The van der Waals surface area contributed by atoms with Crippen molar-refractivity contribution in [3.05, 3.63) is 0 Å². The van der Waals surface area contributed by atoms with Gasteiger partial charge in [0.1, 0.15) is 0 Å². The minimum absolute atomic E-state index is 0.128. The fraction of sp³-hybridized carbons (Fsp3) is 0.941. The predicted molar refractivity (Wildman–Crippen MR) is 105 cm³/mol. The number of hydrogen-bond acceptors (Lipinski definition) is 4. The van der Waals surface area contributed by atoms with E-state index in [2.05, 4.69) is 29.5 Å². The maximum absolute atomic E-state index is 11.7. The lowest BCUT2D eigenvalue weighted by Gasteiger charge is -2.18. The third-order valence-electron chi connectivity index (χ3n) is 3.98. The van der Waals surface area contributed by atoms with Crippen LogP contribution in [-0.4, -0.2) is 69.4 Å². The van der Waals surface area contributed by atoms with Gasteiger partial charge in [-0.15, -0.1) is 0 Å². The molecule has 1 unspecified atom stereocenters. The molecule has 0 heterocycles. The third-order valence-corrected chi connectivity index (χ3v) is 5.84. The Morgan fingerprint density at radius 1 is 1.24 bits per heavy atom. The van der Waals surface area contributed by atoms with Crippen LogP contribution in [0.1, 0.15) is 47.0 Å². The van der Waals surface area contributed by atoms with Crippen molar-refractivity contribution in [2.24, 2.45) is 16.8 Å². The molecule has 25 heavy (non-hydrogen) atoms. The smallest absolute Gasteiger partial charge is 0.213 e. The maximum atomic E-state index is 11.7. The van der Waals surface area contributed by atoms with E-state index < -0.39 is 10.0 Å². The first-order valence-corrected chi connectivity index (χ1v) is 10.9. The molecule has 0 rings (SSSR count). The van der Waals surface area contributed by atoms with Crippen molar-refractivity contribution in [3.63, 3.8) is 0 Å². The number of aliphatic hydroxyl groups is 1. The van der Waals surface area contributed by atoms with Gasteiger partial charge in [0.05, 0.1) is 5.75 Å². The Bertz CT molecular complexity index is 467. The number of nitrogens with one attached hydrogen (secondary N) is 2. The molecule has 0 fully saturated rings. The largest absolute Gasteiger partial charge is 0.396 e. The lowest BCUT2D eigenvalue weighted by Crippen LogP contribution is -2.39. The van der Waals surface area contributed by atoms with Gasteiger partial charge >= 0.3 is 0 Å². The van der Waals surface area contributed by atoms with Crippen LogP contribution in [0.15, 0.2) is 4.99 Å². The standard InChI is InChI=1S/C17H38N4O3S/c1-6-18-17(20-14-16(9-12-22)13-15(3)4)19-10-8-11-21(5)25(23,24)7-2/h15-16,22H,6-14H2,1-5H3,(H2,18,19,20). The third kappa shape index (κ3) is 11.4. The molecule has 0 aromatic heterocycles. The lowest BCUT2D eigenvalue weighted by molar-refractivity contribution is 0.245. The van der Waals surface area contributed by atoms with Crippen LogP contribution in [0.3, 0.4) is 0 Å². The van der Waals surface area contributed by atoms with Gasteiger partial charge in [0.15, 0.2) is 5.96 Å². The van der Waals surface area contributed by atoms with Crippen LogP contribution in [-0.2, 0) is 10.0 Å². The number of guanidine groups is 1. The highest BCUT2D eigenvalue weighted by Crippen LogP contribution is 2.15. The molecule has 0 saturated heterocycles. The summed E-state index contributed by atoms with van der Waals surface area (Å²) in [5.74, 6) is 1.83. The molecule has 150 valence electrons. The van der Waals surface area contributed by atoms with Crippen LogP contribution in [0.5, 0.6) is 0 Å². The molecule has 0 aromatic carbocycles. The van der Waals surface area contributed by atoms with E-state index in [0.29, 0.717) is 37.9 Å². The van der Waals surface area contributed by atoms with Crippen molar-refractivity contribution >= 4 is 16.0 Å². The fourth-order valence-corrected chi connectivity index (χ4v) is 3.41. The molecule has 0 aromatic rings. The number of rotatable bonds is 13. The summed E-state index contributed by atoms with van der Waals surface area (Å²) in [6.07, 6.45) is 2.52. The van der Waals surface area contributed by atoms with E-state index in [4.69, 9.17) is 0 Å². The Hall–Kier alpha value is -0.860. The van der Waals surface area contributed by atoms with Gasteiger partial charge in [-0.3, -0.25) is 4.99 Å². The van der Waals surface area contributed by atoms with E-state index in [1.165, 1.54) is 4.31 Å². The Kier molecular flexibility index (Phi) is 12.9. The Morgan fingerprint density at radius 2 is 1.92 bits per heavy atom. The quantitative estimate of drug-likeness (QED) is 0.255. The molecule has 0 aliphatic rings. The summed E-state index contributed by atoms with van der Waals surface area (Å²) in [5, 5.41) is 15.7. The van der Waals surface area contributed by atoms with E-state index in [9.17, 15) is 13.5 Å². The van der Waals surface area contributed by atoms with E-state index >= 15 is 0 Å². The van der Waals surface area contributed by atoms with Crippen LogP contribution in [0.2, 0.25) is 0 Å². The SMILES string of the molecule is CCNC(=NCC(CCO)CC(C)C)NCCCN(C)S(=O)(=O)CC. The van der Waals surface area contributed by atoms with Gasteiger partial charge in [0.2, 0.25) is 10.0 Å². The second-order valence-electron chi connectivity index (χ2n) is 6.73. The molecule has 0 amide bonds. The summed E-state index contributed by atoms with van der Waals surface area (Å²) in [6.45, 7) is 10.8. The molecule has 0 saturated carbocycles. The van der Waals surface area contributed by atoms with E-state index in [-0.39, 0.29) is 12.4 Å². The molecule has 1 atom stereocenters. The zero-order chi connectivity index (χ0) is 19.3. The average molecular weight is 379 g/mol. The van der Waals surface area contributed by atoms with Crippen LogP contribution in [0, 0.1) is 11.8 Å². The molecule has 0 bridgehead atoms. The van der Waals surface area contributed by atoms with Gasteiger partial charge in [-0.2, -0.15) is 0 Å². The number of nitrogens with zero attached hydrogens (tertiary/aromatic N) is 2. The van der Waals surface area contributed by atoms with Crippen molar-refractivity contribution in [2.75, 3.05) is 45.6 Å². The summed E-state index contributed by atoms with van der Waals surface area (Å²) in [4.78, 5) is 4.62. The van der Waals surface area contributed by atoms with Crippen molar-refractivity contribution in [1.29, 1.82) is 0 Å². The maximum Gasteiger partial charge on any atom is 0.213 e. The highest BCUT2D eigenvalue weighted by atomic mass is 32.2. The van der Waals surface area contributed by atoms with E-state index in [0.717, 1.165) is 25.3 Å². The predicted octanol–water partition coefficient (Wildman–Crippen LogP) is 1.26. The van der Waals surface area contributed by atoms with Crippen LogP contribution >= 0.6 is 0 Å². The molecular weight excluding hydrogens is 340 g/mol. The minimum Gasteiger partial charge on any atom is -0.396 e. The van der Waals surface area contributed by atoms with Crippen LogP contribution < -0.4 is 10.6 Å². The number of aliphatic imine (C=N–C) groups is 1. The van der Waals surface area contributed by atoms with Crippen LogP contribution in [0.25, 0.3) is 0 Å². The second-order valence-corrected chi connectivity index (χ2v) is 9.09. The highest BCUT2D eigenvalue weighted by molar-refractivity contribution is 7.89. The van der Waals surface area contributed by atoms with Crippen molar-refractivity contribution in [3.8, 4) is 0 Å². The van der Waals surface area contributed by atoms with Crippen molar-refractivity contribution in [1.82, 2.24) is 14.9 Å². The van der Waals surface area contributed by atoms with Gasteiger partial charge in [-0.25, -0.2) is 12.7 Å². The van der Waals surface area contributed by atoms with Gasteiger partial charge < -0.3 is 15.7 Å². The number of hydrogen-bond donors (Lipinski definition) is 3. The first kappa shape index (κ1) is 24.1. The zero-order valence-electron chi connectivity index (χ0n) is 16.6. The van der Waals surface area contributed by atoms with E-state index in [1.54, 1.807) is 14.0 Å². The van der Waals surface area contributed by atoms with E-state index in [1.807, 2.05) is 6.92 Å². The molecule has 0 spiro atoms. The van der Waals surface area contributed by atoms with Crippen LogP contribution in [0.4, 0.5) is 0 Å². The zero-order valence-corrected chi connectivity index (χ0v) is 17.4. The summed E-state index contributed by atoms with van der Waals surface area (Å²) in [5.41, 5.74) is 0. The number of sulfonamides is 1. The van der Waals surface area contributed by atoms with Gasteiger partial charge in [0.25, 0.3) is 0 Å². The minimum atomic E-state index is -3.11. The Labute approximate surface area is 154 Å². The molecule has 0 radical (unpaired) electrons. The second kappa shape index (κ2) is 13.4. The lowest BCUT2D eigenvalue weighted by atomic mass is 9.94. The summed E-state index contributed by atoms with van der Waals surface area (Å²) < 4.78 is 24.8. The van der Waals surface area contributed by atoms with Crippen molar-refractivity contribution < 1.29 is 13.5 Å². The fourth-order valence-electron chi connectivity index (χ4n) is 2.56. The average Bonchev–Trinajstić information content (AvgIpc) is 2.55. The molecule has 0 aliphatic heterocycles. The monoisotopic (exact) mass is 378 g/mol. The van der Waals surface area contributed by atoms with Crippen molar-refractivity contribution in [2.45, 2.75) is 47.0 Å². The highest BCUT2D eigenvalue weighted by Gasteiger charge is 2.14. The summed E-state index contributed by atoms with van der Waals surface area (Å²) >= 11 is 0. The Balaban J connectivity index is 4.43. The summed E-state index contributed by atoms with van der Waals surface area (Å²) in [7, 11) is -1.50.